The Kier molecular flexibility index (Phi) is 5.12. The average molecular weight is 309 g/mol. The minimum absolute atomic E-state index is 0.108. The summed E-state index contributed by atoms with van der Waals surface area (Å²) in [4.78, 5) is 11.7. The van der Waals surface area contributed by atoms with Crippen molar-refractivity contribution >= 4 is 11.8 Å². The molecule has 0 bridgehead atoms. The second-order valence-electron chi connectivity index (χ2n) is 6.11. The van der Waals surface area contributed by atoms with Crippen LogP contribution in [0.4, 0.5) is 0 Å². The van der Waals surface area contributed by atoms with Gasteiger partial charge in [-0.3, -0.25) is 9.88 Å². The summed E-state index contributed by atoms with van der Waals surface area (Å²) in [6, 6.07) is 2.98. The lowest BCUT2D eigenvalue weighted by atomic mass is 9.97. The number of nitriles is 1. The van der Waals surface area contributed by atoms with Crippen molar-refractivity contribution in [3.8, 4) is 6.07 Å². The number of nitrogens with zero attached hydrogens (tertiary/aromatic N) is 3. The van der Waals surface area contributed by atoms with E-state index in [0.29, 0.717) is 6.04 Å². The number of hydrogen-bond acceptors (Lipinski definition) is 5. The molecule has 1 aromatic rings. The van der Waals surface area contributed by atoms with Gasteiger partial charge in [-0.1, -0.05) is 11.8 Å². The van der Waals surface area contributed by atoms with E-state index in [1.807, 2.05) is 20.8 Å². The minimum Gasteiger partial charge on any atom is -0.297 e. The topological polar surface area (TPSA) is 86.5 Å². The number of hydrogen-bond donors (Lipinski definition) is 2. The van der Waals surface area contributed by atoms with Crippen LogP contribution in [0.15, 0.2) is 9.95 Å². The number of thioether (sulfide) groups is 1. The van der Waals surface area contributed by atoms with E-state index in [1.54, 1.807) is 16.3 Å². The molecule has 1 heterocycles. The SMILES string of the molecule is CC(C)NC(C)(C#N)CCCSc1n[nH]c(=O)n1C1CC1. The lowest BCUT2D eigenvalue weighted by Gasteiger charge is -2.25. The third-order valence-corrected chi connectivity index (χ3v) is 4.53. The fraction of sp³-hybridized carbons (Fsp3) is 0.786. The monoisotopic (exact) mass is 309 g/mol. The zero-order chi connectivity index (χ0) is 15.5. The van der Waals surface area contributed by atoms with Crippen molar-refractivity contribution in [3.05, 3.63) is 10.5 Å². The Hall–Kier alpha value is -1.26. The normalized spacial score (nSPS) is 17.7. The zero-order valence-corrected chi connectivity index (χ0v) is 13.7. The first-order valence-corrected chi connectivity index (χ1v) is 8.42. The molecule has 0 saturated heterocycles. The van der Waals surface area contributed by atoms with Gasteiger partial charge < -0.3 is 0 Å². The Morgan fingerprint density at radius 1 is 1.62 bits per heavy atom. The van der Waals surface area contributed by atoms with Crippen LogP contribution in [0, 0.1) is 11.3 Å². The predicted octanol–water partition coefficient (Wildman–Crippen LogP) is 2.06. The van der Waals surface area contributed by atoms with Crippen molar-refractivity contribution in [2.24, 2.45) is 0 Å². The molecule has 0 amide bonds. The van der Waals surface area contributed by atoms with Crippen LogP contribution in [0.25, 0.3) is 0 Å². The molecule has 0 radical (unpaired) electrons. The summed E-state index contributed by atoms with van der Waals surface area (Å²) in [6.45, 7) is 6.02. The number of rotatable bonds is 8. The summed E-state index contributed by atoms with van der Waals surface area (Å²) in [5, 5.41) is 20.0. The van der Waals surface area contributed by atoms with E-state index in [-0.39, 0.29) is 11.7 Å². The molecule has 2 N–H and O–H groups in total. The average Bonchev–Trinajstić information content (AvgIpc) is 3.18. The van der Waals surface area contributed by atoms with Crippen LogP contribution in [-0.4, -0.2) is 32.1 Å². The van der Waals surface area contributed by atoms with Crippen molar-refractivity contribution in [1.29, 1.82) is 5.26 Å². The number of nitrogens with one attached hydrogen (secondary N) is 2. The van der Waals surface area contributed by atoms with E-state index >= 15 is 0 Å². The van der Waals surface area contributed by atoms with Crippen molar-refractivity contribution in [2.45, 2.75) is 69.2 Å². The van der Waals surface area contributed by atoms with Gasteiger partial charge >= 0.3 is 5.69 Å². The summed E-state index contributed by atoms with van der Waals surface area (Å²) in [6.07, 6.45) is 3.82. The van der Waals surface area contributed by atoms with Gasteiger partial charge in [0, 0.05) is 17.8 Å². The first kappa shape index (κ1) is 16.1. The highest BCUT2D eigenvalue weighted by Crippen LogP contribution is 2.36. The van der Waals surface area contributed by atoms with E-state index < -0.39 is 5.54 Å². The molecule has 6 nitrogen and oxygen atoms in total. The molecule has 0 aromatic carbocycles. The van der Waals surface area contributed by atoms with Crippen molar-refractivity contribution in [3.63, 3.8) is 0 Å². The van der Waals surface area contributed by atoms with Crippen molar-refractivity contribution in [1.82, 2.24) is 20.1 Å². The molecule has 21 heavy (non-hydrogen) atoms. The Bertz CT molecular complexity index is 569. The Morgan fingerprint density at radius 2 is 2.33 bits per heavy atom. The molecule has 1 saturated carbocycles. The highest BCUT2D eigenvalue weighted by molar-refractivity contribution is 7.99. The van der Waals surface area contributed by atoms with Gasteiger partial charge in [0.05, 0.1) is 6.07 Å². The van der Waals surface area contributed by atoms with Gasteiger partial charge in [-0.05, 0) is 46.5 Å². The van der Waals surface area contributed by atoms with Crippen molar-refractivity contribution in [2.75, 3.05) is 5.75 Å². The molecule has 1 unspecified atom stereocenters. The van der Waals surface area contributed by atoms with Gasteiger partial charge in [0.15, 0.2) is 5.16 Å². The molecule has 7 heteroatoms. The standard InChI is InChI=1S/C14H23N5OS/c1-10(2)16-14(3,9-15)7-4-8-21-13-18-17-12(20)19(13)11-5-6-11/h10-11,16H,4-8H2,1-3H3,(H,17,20). The van der Waals surface area contributed by atoms with Crippen molar-refractivity contribution < 1.29 is 0 Å². The van der Waals surface area contributed by atoms with Gasteiger partial charge in [-0.15, -0.1) is 5.10 Å². The molecule has 2 rings (SSSR count). The van der Waals surface area contributed by atoms with Crippen LogP contribution in [-0.2, 0) is 0 Å². The van der Waals surface area contributed by atoms with Gasteiger partial charge in [-0.2, -0.15) is 5.26 Å². The molecule has 1 fully saturated rings. The van der Waals surface area contributed by atoms with Crippen LogP contribution in [0.3, 0.4) is 0 Å². The summed E-state index contributed by atoms with van der Waals surface area (Å²) in [5.41, 5.74) is -0.598. The van der Waals surface area contributed by atoms with E-state index in [2.05, 4.69) is 21.6 Å². The highest BCUT2D eigenvalue weighted by atomic mass is 32.2. The fourth-order valence-corrected chi connectivity index (χ4v) is 3.39. The smallest absolute Gasteiger partial charge is 0.297 e. The fourth-order valence-electron chi connectivity index (χ4n) is 2.43. The van der Waals surface area contributed by atoms with Crippen LogP contribution in [0.1, 0.15) is 52.5 Å². The molecule has 116 valence electrons. The molecular formula is C14H23N5OS. The lowest BCUT2D eigenvalue weighted by molar-refractivity contribution is 0.380. The van der Waals surface area contributed by atoms with E-state index in [4.69, 9.17) is 0 Å². The quantitative estimate of drug-likeness (QED) is 0.567. The highest BCUT2D eigenvalue weighted by Gasteiger charge is 2.29. The molecule has 0 aliphatic heterocycles. The third-order valence-electron chi connectivity index (χ3n) is 3.49. The third kappa shape index (κ3) is 4.35. The molecular weight excluding hydrogens is 286 g/mol. The maximum Gasteiger partial charge on any atom is 0.344 e. The summed E-state index contributed by atoms with van der Waals surface area (Å²) in [5.74, 6) is 0.855. The van der Waals surface area contributed by atoms with E-state index in [9.17, 15) is 10.1 Å². The summed E-state index contributed by atoms with van der Waals surface area (Å²) in [7, 11) is 0. The Labute approximate surface area is 129 Å². The largest absolute Gasteiger partial charge is 0.344 e. The number of aromatic amines is 1. The Morgan fingerprint density at radius 3 is 2.90 bits per heavy atom. The van der Waals surface area contributed by atoms with Crippen LogP contribution < -0.4 is 11.0 Å². The molecule has 1 aliphatic carbocycles. The minimum atomic E-state index is -0.490. The molecule has 1 atom stereocenters. The molecule has 0 spiro atoms. The molecule has 1 aliphatic rings. The maximum atomic E-state index is 11.7. The maximum absolute atomic E-state index is 11.7. The van der Waals surface area contributed by atoms with E-state index in [0.717, 1.165) is 36.6 Å². The zero-order valence-electron chi connectivity index (χ0n) is 12.8. The first-order chi connectivity index (χ1) is 9.95. The van der Waals surface area contributed by atoms with Gasteiger partial charge in [0.25, 0.3) is 0 Å². The van der Waals surface area contributed by atoms with Crippen LogP contribution in [0.5, 0.6) is 0 Å². The molecule has 1 aromatic heterocycles. The van der Waals surface area contributed by atoms with Crippen LogP contribution in [0.2, 0.25) is 0 Å². The predicted molar refractivity (Wildman–Crippen MR) is 83.4 cm³/mol. The first-order valence-electron chi connectivity index (χ1n) is 7.44. The number of aromatic nitrogens is 3. The number of H-pyrrole nitrogens is 1. The van der Waals surface area contributed by atoms with Crippen LogP contribution >= 0.6 is 11.8 Å². The summed E-state index contributed by atoms with van der Waals surface area (Å²) < 4.78 is 1.76. The lowest BCUT2D eigenvalue weighted by Crippen LogP contribution is -2.44. The van der Waals surface area contributed by atoms with Gasteiger partial charge in [-0.25, -0.2) is 9.89 Å². The second-order valence-corrected chi connectivity index (χ2v) is 7.17. The van der Waals surface area contributed by atoms with E-state index in [1.165, 1.54) is 0 Å². The Balaban J connectivity index is 1.82. The summed E-state index contributed by atoms with van der Waals surface area (Å²) >= 11 is 1.59. The second kappa shape index (κ2) is 6.67. The van der Waals surface area contributed by atoms with Gasteiger partial charge in [0.1, 0.15) is 5.54 Å². The van der Waals surface area contributed by atoms with Gasteiger partial charge in [0.2, 0.25) is 0 Å².